The Balaban J connectivity index is 1.88. The molecule has 0 saturated heterocycles. The van der Waals surface area contributed by atoms with E-state index in [2.05, 4.69) is 15.0 Å². The average Bonchev–Trinajstić information content (AvgIpc) is 3.29. The highest BCUT2D eigenvalue weighted by atomic mass is 16.4. The molecule has 1 aliphatic rings. The van der Waals surface area contributed by atoms with E-state index in [4.69, 9.17) is 0 Å². The number of H-pyrrole nitrogens is 1. The number of para-hydroxylation sites is 2. The van der Waals surface area contributed by atoms with Crippen molar-refractivity contribution < 1.29 is 15.0 Å². The molecule has 0 unspecified atom stereocenters. The summed E-state index contributed by atoms with van der Waals surface area (Å²) in [5.41, 5.74) is 2.70. The standard InChI is InChI=1S/C23H15N3O3/c27-22-20(15-12-14(23(28)29)10-11-16(15)26-22)19(13-6-2-1-3-7-13)21-24-17-8-4-5-9-18(17)25-21/h1-12,26-27H,(H,28,29). The van der Waals surface area contributed by atoms with E-state index < -0.39 is 5.97 Å². The second kappa shape index (κ2) is 6.45. The monoisotopic (exact) mass is 381 g/mol. The van der Waals surface area contributed by atoms with Crippen LogP contribution in [0.25, 0.3) is 16.5 Å². The van der Waals surface area contributed by atoms with E-state index in [1.807, 2.05) is 54.6 Å². The van der Waals surface area contributed by atoms with Crippen LogP contribution in [0.1, 0.15) is 21.5 Å². The Morgan fingerprint density at radius 2 is 1.48 bits per heavy atom. The summed E-state index contributed by atoms with van der Waals surface area (Å²) in [7, 11) is 0. The number of rotatable bonds is 3. The molecule has 0 spiro atoms. The van der Waals surface area contributed by atoms with Gasteiger partial charge in [-0.25, -0.2) is 14.8 Å². The summed E-state index contributed by atoms with van der Waals surface area (Å²) >= 11 is 0. The van der Waals surface area contributed by atoms with Crippen molar-refractivity contribution >= 4 is 22.4 Å². The van der Waals surface area contributed by atoms with Crippen LogP contribution in [0, 0.1) is 0 Å². The summed E-state index contributed by atoms with van der Waals surface area (Å²) in [6, 6.07) is 21.8. The highest BCUT2D eigenvalue weighted by Gasteiger charge is 2.22. The molecule has 1 aliphatic heterocycles. The molecule has 2 heterocycles. The predicted molar refractivity (Wildman–Crippen MR) is 108 cm³/mol. The van der Waals surface area contributed by atoms with Gasteiger partial charge >= 0.3 is 5.97 Å². The summed E-state index contributed by atoms with van der Waals surface area (Å²) in [4.78, 5) is 23.7. The van der Waals surface area contributed by atoms with Crippen molar-refractivity contribution in [3.63, 3.8) is 0 Å². The van der Waals surface area contributed by atoms with Crippen LogP contribution in [-0.4, -0.2) is 21.2 Å². The second-order valence-electron chi connectivity index (χ2n) is 6.69. The van der Waals surface area contributed by atoms with Gasteiger partial charge in [-0.05, 0) is 35.9 Å². The number of hydrogen-bond acceptors (Lipinski definition) is 4. The van der Waals surface area contributed by atoms with Crippen LogP contribution in [0.15, 0.2) is 88.6 Å². The molecule has 140 valence electrons. The Kier molecular flexibility index (Phi) is 3.77. The van der Waals surface area contributed by atoms with E-state index in [0.717, 1.165) is 16.3 Å². The van der Waals surface area contributed by atoms with Crippen molar-refractivity contribution in [2.45, 2.75) is 0 Å². The number of nitrogens with one attached hydrogen (secondary N) is 1. The van der Waals surface area contributed by atoms with Crippen molar-refractivity contribution in [1.82, 2.24) is 4.98 Å². The fourth-order valence-corrected chi connectivity index (χ4v) is 3.57. The molecule has 0 saturated carbocycles. The van der Waals surface area contributed by atoms with Crippen LogP contribution in [-0.2, 0) is 0 Å². The fraction of sp³-hybridized carbons (Fsp3) is 0. The molecule has 0 bridgehead atoms. The van der Waals surface area contributed by atoms with Gasteiger partial charge in [-0.3, -0.25) is 0 Å². The minimum absolute atomic E-state index is 0.0600. The van der Waals surface area contributed by atoms with E-state index in [9.17, 15) is 15.0 Å². The molecule has 1 aromatic heterocycles. The molecular weight excluding hydrogens is 366 g/mol. The quantitative estimate of drug-likeness (QED) is 0.508. The number of aromatic amines is 1. The summed E-state index contributed by atoms with van der Waals surface area (Å²) in [5.74, 6) is -0.625. The van der Waals surface area contributed by atoms with Crippen LogP contribution in [0.2, 0.25) is 0 Å². The van der Waals surface area contributed by atoms with Gasteiger partial charge in [0.05, 0.1) is 21.8 Å². The number of nitrogens with zero attached hydrogens (tertiary/aromatic N) is 2. The molecule has 3 aromatic carbocycles. The first-order valence-corrected chi connectivity index (χ1v) is 9.02. The maximum atomic E-state index is 11.5. The maximum Gasteiger partial charge on any atom is 0.335 e. The van der Waals surface area contributed by atoms with Crippen LogP contribution >= 0.6 is 0 Å². The summed E-state index contributed by atoms with van der Waals surface area (Å²) in [6.07, 6.45) is 0. The molecule has 0 aliphatic carbocycles. The number of hydrogen-bond donors (Lipinski definition) is 3. The van der Waals surface area contributed by atoms with Gasteiger partial charge in [0.15, 0.2) is 11.7 Å². The molecule has 29 heavy (non-hydrogen) atoms. The number of carboxylic acid groups (broad SMARTS) is 1. The molecule has 6 nitrogen and oxygen atoms in total. The van der Waals surface area contributed by atoms with Gasteiger partial charge in [0.25, 0.3) is 0 Å². The maximum absolute atomic E-state index is 11.5. The zero-order valence-corrected chi connectivity index (χ0v) is 15.1. The minimum atomic E-state index is -1.03. The third-order valence-corrected chi connectivity index (χ3v) is 4.90. The summed E-state index contributed by atoms with van der Waals surface area (Å²) < 4.78 is 0. The zero-order chi connectivity index (χ0) is 20.0. The van der Waals surface area contributed by atoms with Crippen molar-refractivity contribution in [3.05, 3.63) is 106 Å². The molecule has 6 heteroatoms. The first-order valence-electron chi connectivity index (χ1n) is 9.02. The third kappa shape index (κ3) is 2.78. The molecule has 3 N–H and O–H groups in total. The largest absolute Gasteiger partial charge is 0.494 e. The fourth-order valence-electron chi connectivity index (χ4n) is 3.57. The van der Waals surface area contributed by atoms with Crippen molar-refractivity contribution in [1.29, 1.82) is 0 Å². The van der Waals surface area contributed by atoms with Gasteiger partial charge < -0.3 is 15.2 Å². The molecule has 0 radical (unpaired) electrons. The molecule has 4 aromatic rings. The first-order chi connectivity index (χ1) is 14.1. The lowest BCUT2D eigenvalue weighted by Crippen LogP contribution is -2.19. The van der Waals surface area contributed by atoms with Crippen LogP contribution in [0.4, 0.5) is 0 Å². The lowest BCUT2D eigenvalue weighted by molar-refractivity contribution is 0.0697. The summed E-state index contributed by atoms with van der Waals surface area (Å²) in [6.45, 7) is 0. The summed E-state index contributed by atoms with van der Waals surface area (Å²) in [5, 5.41) is 22.3. The molecule has 5 rings (SSSR count). The van der Waals surface area contributed by atoms with Gasteiger partial charge in [0.1, 0.15) is 0 Å². The SMILES string of the molecule is O=C(O)c1ccc2[nH]c(O)c(C(=C3N=c4ccccc4=N3)c3ccccc3)c2c1. The van der Waals surface area contributed by atoms with Gasteiger partial charge in [-0.15, -0.1) is 0 Å². The normalized spacial score (nSPS) is 12.3. The number of fused-ring (bicyclic) bond motifs is 2. The van der Waals surface area contributed by atoms with E-state index in [-0.39, 0.29) is 11.4 Å². The average molecular weight is 381 g/mol. The number of aromatic carboxylic acids is 1. The Hall–Kier alpha value is -4.19. The minimum Gasteiger partial charge on any atom is -0.494 e. The van der Waals surface area contributed by atoms with Crippen LogP contribution in [0.5, 0.6) is 5.88 Å². The van der Waals surface area contributed by atoms with E-state index >= 15 is 0 Å². The lowest BCUT2D eigenvalue weighted by atomic mass is 9.96. The molecular formula is C23H15N3O3. The van der Waals surface area contributed by atoms with E-state index in [1.165, 1.54) is 6.07 Å². The molecule has 0 atom stereocenters. The van der Waals surface area contributed by atoms with E-state index in [1.54, 1.807) is 12.1 Å². The molecule has 0 amide bonds. The van der Waals surface area contributed by atoms with Crippen LogP contribution in [0.3, 0.4) is 0 Å². The smallest absolute Gasteiger partial charge is 0.335 e. The van der Waals surface area contributed by atoms with Crippen LogP contribution < -0.4 is 10.7 Å². The number of aromatic nitrogens is 1. The molecule has 0 fully saturated rings. The van der Waals surface area contributed by atoms with E-state index in [0.29, 0.717) is 27.9 Å². The number of benzene rings is 3. The second-order valence-corrected chi connectivity index (χ2v) is 6.69. The van der Waals surface area contributed by atoms with Gasteiger partial charge in [-0.2, -0.15) is 0 Å². The first kappa shape index (κ1) is 16.9. The topological polar surface area (TPSA) is 98.0 Å². The van der Waals surface area contributed by atoms with Crippen molar-refractivity contribution in [2.24, 2.45) is 9.98 Å². The van der Waals surface area contributed by atoms with Crippen molar-refractivity contribution in [2.75, 3.05) is 0 Å². The zero-order valence-electron chi connectivity index (χ0n) is 15.1. The third-order valence-electron chi connectivity index (χ3n) is 4.90. The number of carbonyl (C=O) groups is 1. The lowest BCUT2D eigenvalue weighted by Gasteiger charge is -2.09. The Morgan fingerprint density at radius 1 is 0.828 bits per heavy atom. The highest BCUT2D eigenvalue weighted by molar-refractivity contribution is 6.03. The highest BCUT2D eigenvalue weighted by Crippen LogP contribution is 2.39. The van der Waals surface area contributed by atoms with Gasteiger partial charge in [0.2, 0.25) is 0 Å². The van der Waals surface area contributed by atoms with Crippen molar-refractivity contribution in [3.8, 4) is 5.88 Å². The Bertz CT molecular complexity index is 1400. The Labute approximate surface area is 164 Å². The number of aromatic hydroxyl groups is 1. The predicted octanol–water partition coefficient (Wildman–Crippen LogP) is 3.24. The van der Waals surface area contributed by atoms with Gasteiger partial charge in [-0.1, -0.05) is 42.5 Å². The Morgan fingerprint density at radius 3 is 2.14 bits per heavy atom. The number of carboxylic acids is 1. The van der Waals surface area contributed by atoms with Gasteiger partial charge in [0, 0.05) is 16.5 Å².